The number of likely N-dealkylation sites (tertiary alicyclic amines) is 1. The fraction of sp³-hybridized carbons (Fsp3) is 0.600. The van der Waals surface area contributed by atoms with Crippen LogP contribution in [0.15, 0.2) is 30.3 Å². The Morgan fingerprint density at radius 2 is 2.12 bits per heavy atom. The van der Waals surface area contributed by atoms with E-state index in [0.29, 0.717) is 6.04 Å². The average Bonchev–Trinajstić information content (AvgIpc) is 2.78. The summed E-state index contributed by atoms with van der Waals surface area (Å²) in [5.74, 6) is 0.744. The van der Waals surface area contributed by atoms with Gasteiger partial charge in [-0.1, -0.05) is 37.3 Å². The van der Waals surface area contributed by atoms with Crippen LogP contribution < -0.4 is 5.32 Å². The molecule has 17 heavy (non-hydrogen) atoms. The van der Waals surface area contributed by atoms with Gasteiger partial charge in [0.1, 0.15) is 0 Å². The van der Waals surface area contributed by atoms with E-state index in [2.05, 4.69) is 54.5 Å². The molecule has 1 aliphatic heterocycles. The van der Waals surface area contributed by atoms with Gasteiger partial charge in [0.15, 0.2) is 0 Å². The molecule has 2 nitrogen and oxygen atoms in total. The fourth-order valence-corrected chi connectivity index (χ4v) is 2.76. The second kappa shape index (κ2) is 6.18. The molecular formula is C15H24N2. The first-order chi connectivity index (χ1) is 8.28. The number of benzene rings is 1. The summed E-state index contributed by atoms with van der Waals surface area (Å²) in [6, 6.07) is 11.5. The Hall–Kier alpha value is -0.860. The maximum absolute atomic E-state index is 3.38. The molecule has 0 amide bonds. The van der Waals surface area contributed by atoms with Crippen LogP contribution in [0.25, 0.3) is 0 Å². The zero-order valence-electron chi connectivity index (χ0n) is 11.0. The second-order valence-electron chi connectivity index (χ2n) is 5.33. The van der Waals surface area contributed by atoms with E-state index < -0.39 is 0 Å². The van der Waals surface area contributed by atoms with Crippen LogP contribution in [0.3, 0.4) is 0 Å². The van der Waals surface area contributed by atoms with Crippen molar-refractivity contribution in [1.29, 1.82) is 0 Å². The van der Waals surface area contributed by atoms with Crippen molar-refractivity contribution in [2.75, 3.05) is 26.7 Å². The van der Waals surface area contributed by atoms with Gasteiger partial charge in [-0.25, -0.2) is 0 Å². The van der Waals surface area contributed by atoms with Crippen molar-refractivity contribution in [3.8, 4) is 0 Å². The molecule has 2 heteroatoms. The molecule has 2 unspecified atom stereocenters. The number of nitrogens with zero attached hydrogens (tertiary/aromatic N) is 1. The van der Waals surface area contributed by atoms with Crippen LogP contribution >= 0.6 is 0 Å². The maximum Gasteiger partial charge on any atom is 0.0204 e. The van der Waals surface area contributed by atoms with E-state index in [4.69, 9.17) is 0 Å². The third-order valence-corrected chi connectivity index (χ3v) is 3.68. The summed E-state index contributed by atoms with van der Waals surface area (Å²) in [5, 5.41) is 3.38. The molecule has 0 saturated carbocycles. The standard InChI is InChI=1S/C15H24N2/c1-13(10-14-6-4-3-5-7-14)11-17-9-8-15(12-17)16-2/h3-7,13,15-16H,8-12H2,1-2H3. The minimum absolute atomic E-state index is 0.707. The van der Waals surface area contributed by atoms with E-state index in [1.54, 1.807) is 0 Å². The molecule has 0 aliphatic carbocycles. The third-order valence-electron chi connectivity index (χ3n) is 3.68. The minimum atomic E-state index is 0.707. The highest BCUT2D eigenvalue weighted by Crippen LogP contribution is 2.14. The molecule has 1 heterocycles. The van der Waals surface area contributed by atoms with Crippen molar-refractivity contribution >= 4 is 0 Å². The lowest BCUT2D eigenvalue weighted by Crippen LogP contribution is -2.32. The monoisotopic (exact) mass is 232 g/mol. The molecule has 1 aromatic carbocycles. The summed E-state index contributed by atoms with van der Waals surface area (Å²) in [7, 11) is 2.07. The van der Waals surface area contributed by atoms with Crippen LogP contribution in [0.5, 0.6) is 0 Å². The Bertz CT molecular complexity index is 323. The normalized spacial score (nSPS) is 22.8. The first kappa shape index (κ1) is 12.6. The minimum Gasteiger partial charge on any atom is -0.316 e. The Morgan fingerprint density at radius 3 is 2.76 bits per heavy atom. The molecule has 2 atom stereocenters. The smallest absolute Gasteiger partial charge is 0.0204 e. The summed E-state index contributed by atoms with van der Waals surface area (Å²) < 4.78 is 0. The number of nitrogens with one attached hydrogen (secondary N) is 1. The first-order valence-corrected chi connectivity index (χ1v) is 6.71. The van der Waals surface area contributed by atoms with Gasteiger partial charge in [0.25, 0.3) is 0 Å². The van der Waals surface area contributed by atoms with Crippen molar-refractivity contribution in [2.45, 2.75) is 25.8 Å². The second-order valence-corrected chi connectivity index (χ2v) is 5.33. The van der Waals surface area contributed by atoms with Crippen molar-refractivity contribution in [3.05, 3.63) is 35.9 Å². The molecular weight excluding hydrogens is 208 g/mol. The average molecular weight is 232 g/mol. The van der Waals surface area contributed by atoms with Gasteiger partial charge in [-0.15, -0.1) is 0 Å². The van der Waals surface area contributed by atoms with E-state index in [1.165, 1.54) is 38.0 Å². The van der Waals surface area contributed by atoms with Crippen LogP contribution in [-0.2, 0) is 6.42 Å². The van der Waals surface area contributed by atoms with Crippen LogP contribution in [0.1, 0.15) is 18.9 Å². The van der Waals surface area contributed by atoms with Gasteiger partial charge in [-0.3, -0.25) is 0 Å². The van der Waals surface area contributed by atoms with Gasteiger partial charge in [-0.2, -0.15) is 0 Å². The van der Waals surface area contributed by atoms with Crippen LogP contribution in [0.2, 0.25) is 0 Å². The predicted octanol–water partition coefficient (Wildman–Crippen LogP) is 2.16. The summed E-state index contributed by atoms with van der Waals surface area (Å²) in [6.07, 6.45) is 2.50. The SMILES string of the molecule is CNC1CCN(CC(C)Cc2ccccc2)C1. The van der Waals surface area contributed by atoms with Gasteiger partial charge in [0, 0.05) is 19.1 Å². The summed E-state index contributed by atoms with van der Waals surface area (Å²) in [5.41, 5.74) is 1.46. The summed E-state index contributed by atoms with van der Waals surface area (Å²) >= 11 is 0. The highest BCUT2D eigenvalue weighted by atomic mass is 15.2. The largest absolute Gasteiger partial charge is 0.316 e. The molecule has 1 aliphatic rings. The Morgan fingerprint density at radius 1 is 1.35 bits per heavy atom. The number of likely N-dealkylation sites (N-methyl/N-ethyl adjacent to an activating group) is 1. The lowest BCUT2D eigenvalue weighted by atomic mass is 10.0. The molecule has 0 aromatic heterocycles. The van der Waals surface area contributed by atoms with E-state index in [9.17, 15) is 0 Å². The van der Waals surface area contributed by atoms with Crippen LogP contribution in [0.4, 0.5) is 0 Å². The molecule has 1 fully saturated rings. The Balaban J connectivity index is 1.76. The molecule has 1 aromatic rings. The van der Waals surface area contributed by atoms with Crippen molar-refractivity contribution in [2.24, 2.45) is 5.92 Å². The van der Waals surface area contributed by atoms with Crippen LogP contribution in [0, 0.1) is 5.92 Å². The molecule has 0 spiro atoms. The highest BCUT2D eigenvalue weighted by molar-refractivity contribution is 5.15. The van der Waals surface area contributed by atoms with Gasteiger partial charge < -0.3 is 10.2 Å². The Kier molecular flexibility index (Phi) is 4.57. The van der Waals surface area contributed by atoms with Gasteiger partial charge in [0.2, 0.25) is 0 Å². The van der Waals surface area contributed by atoms with Gasteiger partial charge in [-0.05, 0) is 37.9 Å². The molecule has 1 N–H and O–H groups in total. The molecule has 94 valence electrons. The van der Waals surface area contributed by atoms with E-state index in [-0.39, 0.29) is 0 Å². The zero-order valence-corrected chi connectivity index (χ0v) is 11.0. The lowest BCUT2D eigenvalue weighted by molar-refractivity contribution is 0.281. The molecule has 0 radical (unpaired) electrons. The number of rotatable bonds is 5. The van der Waals surface area contributed by atoms with Gasteiger partial charge in [0.05, 0.1) is 0 Å². The first-order valence-electron chi connectivity index (χ1n) is 6.71. The predicted molar refractivity (Wildman–Crippen MR) is 73.2 cm³/mol. The van der Waals surface area contributed by atoms with Crippen molar-refractivity contribution in [3.63, 3.8) is 0 Å². The topological polar surface area (TPSA) is 15.3 Å². The third kappa shape index (κ3) is 3.83. The maximum atomic E-state index is 3.38. The zero-order chi connectivity index (χ0) is 12.1. The van der Waals surface area contributed by atoms with Crippen LogP contribution in [-0.4, -0.2) is 37.6 Å². The fourth-order valence-electron chi connectivity index (χ4n) is 2.76. The number of hydrogen-bond donors (Lipinski definition) is 1. The van der Waals surface area contributed by atoms with E-state index in [0.717, 1.165) is 5.92 Å². The summed E-state index contributed by atoms with van der Waals surface area (Å²) in [4.78, 5) is 2.59. The lowest BCUT2D eigenvalue weighted by Gasteiger charge is -2.20. The van der Waals surface area contributed by atoms with Gasteiger partial charge >= 0.3 is 0 Å². The van der Waals surface area contributed by atoms with E-state index in [1.807, 2.05) is 0 Å². The van der Waals surface area contributed by atoms with E-state index >= 15 is 0 Å². The Labute approximate surface area is 105 Å². The quantitative estimate of drug-likeness (QED) is 0.837. The highest BCUT2D eigenvalue weighted by Gasteiger charge is 2.21. The molecule has 1 saturated heterocycles. The van der Waals surface area contributed by atoms with Crippen molar-refractivity contribution in [1.82, 2.24) is 10.2 Å². The molecule has 2 rings (SSSR count). The number of hydrogen-bond acceptors (Lipinski definition) is 2. The molecule has 0 bridgehead atoms. The summed E-state index contributed by atoms with van der Waals surface area (Å²) in [6.45, 7) is 6.06. The van der Waals surface area contributed by atoms with Crippen molar-refractivity contribution < 1.29 is 0 Å².